The number of rotatable bonds is 3. The molecule has 0 aromatic carbocycles. The molecule has 1 aromatic rings. The number of aliphatic carboxylic acids is 1. The normalized spacial score (nSPS) is 12.8. The van der Waals surface area contributed by atoms with Gasteiger partial charge in [-0.15, -0.1) is 0 Å². The van der Waals surface area contributed by atoms with Crippen LogP contribution < -0.4 is 5.73 Å². The first-order chi connectivity index (χ1) is 6.02. The number of aromatic nitrogens is 1. The van der Waals surface area contributed by atoms with Gasteiger partial charge in [-0.1, -0.05) is 5.16 Å². The third-order valence-electron chi connectivity index (χ3n) is 1.98. The maximum absolute atomic E-state index is 10.4. The second-order valence-corrected chi connectivity index (χ2v) is 2.96. The highest BCUT2D eigenvalue weighted by Gasteiger charge is 2.17. The fourth-order valence-electron chi connectivity index (χ4n) is 0.950. The van der Waals surface area contributed by atoms with Crippen LogP contribution in [0.5, 0.6) is 0 Å². The Bertz CT molecular complexity index is 319. The van der Waals surface area contributed by atoms with E-state index in [-0.39, 0.29) is 6.42 Å². The van der Waals surface area contributed by atoms with Crippen molar-refractivity contribution in [1.29, 1.82) is 0 Å². The number of nitrogens with two attached hydrogens (primary N) is 1. The van der Waals surface area contributed by atoms with Crippen molar-refractivity contribution < 1.29 is 14.4 Å². The van der Waals surface area contributed by atoms with Gasteiger partial charge in [-0.3, -0.25) is 4.79 Å². The molecule has 5 heteroatoms. The molecule has 0 saturated heterocycles. The van der Waals surface area contributed by atoms with E-state index >= 15 is 0 Å². The summed E-state index contributed by atoms with van der Waals surface area (Å²) in [6, 6.07) is -0.914. The summed E-state index contributed by atoms with van der Waals surface area (Å²) in [6.07, 6.45) is 0.207. The van der Waals surface area contributed by atoms with Gasteiger partial charge >= 0.3 is 5.97 Å². The second kappa shape index (κ2) is 3.57. The van der Waals surface area contributed by atoms with Gasteiger partial charge in [0.15, 0.2) is 0 Å². The van der Waals surface area contributed by atoms with Crippen LogP contribution in [0.15, 0.2) is 4.52 Å². The number of carbonyl (C=O) groups is 1. The summed E-state index contributed by atoms with van der Waals surface area (Å²) in [7, 11) is 0. The Kier molecular flexibility index (Phi) is 2.67. The van der Waals surface area contributed by atoms with Gasteiger partial charge in [0, 0.05) is 12.0 Å². The first-order valence-corrected chi connectivity index (χ1v) is 3.92. The minimum atomic E-state index is -1.03. The van der Waals surface area contributed by atoms with Crippen LogP contribution in [-0.2, 0) is 11.2 Å². The molecule has 72 valence electrons. The Labute approximate surface area is 75.5 Å². The van der Waals surface area contributed by atoms with Gasteiger partial charge in [-0.2, -0.15) is 0 Å². The van der Waals surface area contributed by atoms with Crippen molar-refractivity contribution in [3.63, 3.8) is 0 Å². The van der Waals surface area contributed by atoms with Crippen LogP contribution in [-0.4, -0.2) is 22.3 Å². The highest BCUT2D eigenvalue weighted by atomic mass is 16.5. The Morgan fingerprint density at radius 3 is 2.69 bits per heavy atom. The van der Waals surface area contributed by atoms with Gasteiger partial charge in [0.25, 0.3) is 0 Å². The van der Waals surface area contributed by atoms with Crippen LogP contribution in [0.2, 0.25) is 0 Å². The summed E-state index contributed by atoms with van der Waals surface area (Å²) in [6.45, 7) is 3.61. The van der Waals surface area contributed by atoms with Crippen molar-refractivity contribution in [2.24, 2.45) is 5.73 Å². The zero-order valence-corrected chi connectivity index (χ0v) is 7.57. The van der Waals surface area contributed by atoms with Crippen molar-refractivity contribution in [3.05, 3.63) is 17.0 Å². The van der Waals surface area contributed by atoms with Gasteiger partial charge in [0.2, 0.25) is 0 Å². The molecule has 0 radical (unpaired) electrons. The highest BCUT2D eigenvalue weighted by Crippen LogP contribution is 2.12. The van der Waals surface area contributed by atoms with Crippen LogP contribution in [0, 0.1) is 13.8 Å². The molecular weight excluding hydrogens is 172 g/mol. The quantitative estimate of drug-likeness (QED) is 0.702. The second-order valence-electron chi connectivity index (χ2n) is 2.96. The summed E-state index contributed by atoms with van der Waals surface area (Å²) >= 11 is 0. The Hall–Kier alpha value is -1.36. The van der Waals surface area contributed by atoms with E-state index in [1.165, 1.54) is 0 Å². The molecule has 0 aliphatic heterocycles. The molecule has 0 aliphatic rings. The number of carboxylic acid groups (broad SMARTS) is 1. The lowest BCUT2D eigenvalue weighted by Gasteiger charge is -2.02. The van der Waals surface area contributed by atoms with E-state index < -0.39 is 12.0 Å². The van der Waals surface area contributed by atoms with E-state index in [1.54, 1.807) is 6.92 Å². The van der Waals surface area contributed by atoms with E-state index in [0.717, 1.165) is 5.56 Å². The van der Waals surface area contributed by atoms with Gasteiger partial charge in [-0.25, -0.2) is 0 Å². The molecule has 1 unspecified atom stereocenters. The maximum atomic E-state index is 10.4. The Morgan fingerprint density at radius 2 is 2.31 bits per heavy atom. The van der Waals surface area contributed by atoms with Crippen LogP contribution in [0.4, 0.5) is 0 Å². The third-order valence-corrected chi connectivity index (χ3v) is 1.98. The third kappa shape index (κ3) is 2.06. The lowest BCUT2D eigenvalue weighted by atomic mass is 10.1. The summed E-state index contributed by atoms with van der Waals surface area (Å²) < 4.78 is 4.88. The molecule has 0 saturated carbocycles. The first-order valence-electron chi connectivity index (χ1n) is 3.92. The number of carboxylic acids is 1. The molecule has 1 heterocycles. The van der Waals surface area contributed by atoms with E-state index in [1.807, 2.05) is 6.92 Å². The largest absolute Gasteiger partial charge is 0.480 e. The smallest absolute Gasteiger partial charge is 0.320 e. The predicted octanol–water partition coefficient (Wildman–Crippen LogP) is 0.246. The molecule has 0 bridgehead atoms. The Morgan fingerprint density at radius 1 is 1.69 bits per heavy atom. The van der Waals surface area contributed by atoms with E-state index in [2.05, 4.69) is 5.16 Å². The fraction of sp³-hybridized carbons (Fsp3) is 0.500. The zero-order valence-electron chi connectivity index (χ0n) is 7.57. The van der Waals surface area contributed by atoms with Gasteiger partial charge in [0.1, 0.15) is 11.8 Å². The molecule has 0 spiro atoms. The summed E-state index contributed by atoms with van der Waals surface area (Å²) in [5, 5.41) is 12.3. The number of aryl methyl sites for hydroxylation is 1. The molecular formula is C8H12N2O3. The highest BCUT2D eigenvalue weighted by molar-refractivity contribution is 5.73. The number of hydrogen-bond donors (Lipinski definition) is 2. The van der Waals surface area contributed by atoms with Crippen LogP contribution in [0.1, 0.15) is 17.0 Å². The van der Waals surface area contributed by atoms with Crippen LogP contribution in [0.25, 0.3) is 0 Å². The summed E-state index contributed by atoms with van der Waals surface area (Å²) in [5.41, 5.74) is 6.84. The standard InChI is InChI=1S/C8H12N2O3/c1-4-5(2)13-10-7(4)3-6(9)8(11)12/h6H,3,9H2,1-2H3,(H,11,12). The van der Waals surface area contributed by atoms with E-state index in [0.29, 0.717) is 11.5 Å². The van der Waals surface area contributed by atoms with E-state index in [9.17, 15) is 4.79 Å². The molecule has 0 fully saturated rings. The molecule has 1 rings (SSSR count). The van der Waals surface area contributed by atoms with Crippen molar-refractivity contribution in [2.45, 2.75) is 26.3 Å². The summed E-state index contributed by atoms with van der Waals surface area (Å²) in [5.74, 6) is -0.326. The van der Waals surface area contributed by atoms with Crippen molar-refractivity contribution in [3.8, 4) is 0 Å². The van der Waals surface area contributed by atoms with Gasteiger partial charge in [-0.05, 0) is 13.8 Å². The number of nitrogens with zero attached hydrogens (tertiary/aromatic N) is 1. The van der Waals surface area contributed by atoms with Crippen LogP contribution in [0.3, 0.4) is 0 Å². The number of hydrogen-bond acceptors (Lipinski definition) is 4. The average molecular weight is 184 g/mol. The average Bonchev–Trinajstić information content (AvgIpc) is 2.36. The van der Waals surface area contributed by atoms with E-state index in [4.69, 9.17) is 15.4 Å². The Balaban J connectivity index is 2.74. The molecule has 3 N–H and O–H groups in total. The molecule has 0 amide bonds. The predicted molar refractivity (Wildman–Crippen MR) is 45.3 cm³/mol. The minimum absolute atomic E-state index is 0.207. The fourth-order valence-corrected chi connectivity index (χ4v) is 0.950. The lowest BCUT2D eigenvalue weighted by Crippen LogP contribution is -2.32. The monoisotopic (exact) mass is 184 g/mol. The molecule has 5 nitrogen and oxygen atoms in total. The van der Waals surface area contributed by atoms with Gasteiger partial charge < -0.3 is 15.4 Å². The lowest BCUT2D eigenvalue weighted by molar-refractivity contribution is -0.138. The van der Waals surface area contributed by atoms with Crippen molar-refractivity contribution in [2.75, 3.05) is 0 Å². The molecule has 13 heavy (non-hydrogen) atoms. The zero-order chi connectivity index (χ0) is 10.0. The van der Waals surface area contributed by atoms with Crippen molar-refractivity contribution >= 4 is 5.97 Å². The van der Waals surface area contributed by atoms with Crippen molar-refractivity contribution in [1.82, 2.24) is 5.16 Å². The molecule has 1 aromatic heterocycles. The molecule has 1 atom stereocenters. The van der Waals surface area contributed by atoms with Crippen LogP contribution >= 0.6 is 0 Å². The topological polar surface area (TPSA) is 89.4 Å². The maximum Gasteiger partial charge on any atom is 0.320 e. The minimum Gasteiger partial charge on any atom is -0.480 e. The summed E-state index contributed by atoms with van der Waals surface area (Å²) in [4.78, 5) is 10.4. The molecule has 0 aliphatic carbocycles. The SMILES string of the molecule is Cc1onc(CC(N)C(=O)O)c1C. The first kappa shape index (κ1) is 9.73. The van der Waals surface area contributed by atoms with Gasteiger partial charge in [0.05, 0.1) is 5.69 Å².